The van der Waals surface area contributed by atoms with Gasteiger partial charge in [-0.3, -0.25) is 9.36 Å². The third-order valence-corrected chi connectivity index (χ3v) is 4.60. The highest BCUT2D eigenvalue weighted by molar-refractivity contribution is 5.88. The Morgan fingerprint density at radius 1 is 1.13 bits per heavy atom. The van der Waals surface area contributed by atoms with Gasteiger partial charge in [-0.05, 0) is 52.0 Å². The topological polar surface area (TPSA) is 99.8 Å². The molecule has 3 rings (SSSR count). The van der Waals surface area contributed by atoms with Crippen molar-refractivity contribution in [3.8, 4) is 5.69 Å². The van der Waals surface area contributed by atoms with Crippen molar-refractivity contribution in [3.05, 3.63) is 62.7 Å². The van der Waals surface area contributed by atoms with Crippen LogP contribution in [0.25, 0.3) is 5.69 Å². The van der Waals surface area contributed by atoms with Crippen LogP contribution in [0.1, 0.15) is 44.1 Å². The number of amides is 1. The molecule has 1 aromatic carbocycles. The van der Waals surface area contributed by atoms with Crippen molar-refractivity contribution < 1.29 is 23.5 Å². The third kappa shape index (κ3) is 4.68. The molecule has 0 spiro atoms. The van der Waals surface area contributed by atoms with Gasteiger partial charge in [-0.25, -0.2) is 23.3 Å². The number of nitrogens with zero attached hydrogens (tertiary/aromatic N) is 3. The fourth-order valence-electron chi connectivity index (χ4n) is 3.11. The van der Waals surface area contributed by atoms with Gasteiger partial charge in [0.1, 0.15) is 17.0 Å². The van der Waals surface area contributed by atoms with Crippen LogP contribution in [0.2, 0.25) is 0 Å². The Hall–Kier alpha value is -3.43. The Morgan fingerprint density at radius 3 is 2.29 bits per heavy atom. The lowest BCUT2D eigenvalue weighted by Gasteiger charge is -2.40. The number of hydrogen-bond donors (Lipinski definition) is 0. The minimum absolute atomic E-state index is 0.0454. The fraction of sp³-hybridized carbons (Fsp3) is 0.429. The number of halogens is 1. The van der Waals surface area contributed by atoms with Gasteiger partial charge in [0.05, 0.1) is 18.3 Å². The van der Waals surface area contributed by atoms with Gasteiger partial charge in [0, 0.05) is 19.3 Å². The summed E-state index contributed by atoms with van der Waals surface area (Å²) in [6.45, 7) is 7.21. The summed E-state index contributed by atoms with van der Waals surface area (Å²) in [6.07, 6.45) is 0.633. The van der Waals surface area contributed by atoms with E-state index in [1.807, 2.05) is 0 Å². The van der Waals surface area contributed by atoms with Crippen LogP contribution < -0.4 is 11.2 Å². The van der Waals surface area contributed by atoms with E-state index in [0.29, 0.717) is 0 Å². The minimum Gasteiger partial charge on any atom is -0.462 e. The van der Waals surface area contributed by atoms with Crippen LogP contribution >= 0.6 is 0 Å². The standard InChI is InChI=1S/C21H24FN3O6/c1-5-30-18(27)16-12-24(15-10-23(11-15)20(29)31-21(2,3)4)19(28)25(17(16)26)14-8-6-13(22)7-9-14/h6-9,12,15H,5,10-11H2,1-4H3. The van der Waals surface area contributed by atoms with E-state index in [-0.39, 0.29) is 30.9 Å². The Labute approximate surface area is 177 Å². The fourth-order valence-corrected chi connectivity index (χ4v) is 3.11. The monoisotopic (exact) mass is 433 g/mol. The quantitative estimate of drug-likeness (QED) is 0.685. The molecule has 0 N–H and O–H groups in total. The first-order valence-corrected chi connectivity index (χ1v) is 9.81. The van der Waals surface area contributed by atoms with Crippen LogP contribution in [-0.4, -0.2) is 51.4 Å². The zero-order chi connectivity index (χ0) is 22.9. The summed E-state index contributed by atoms with van der Waals surface area (Å²) < 4.78 is 25.6. The molecule has 1 fully saturated rings. The molecular formula is C21H24FN3O6. The molecule has 1 aromatic heterocycles. The average molecular weight is 433 g/mol. The second kappa shape index (κ2) is 8.37. The summed E-state index contributed by atoms with van der Waals surface area (Å²) in [6, 6.07) is 4.28. The number of likely N-dealkylation sites (tertiary alicyclic amines) is 1. The van der Waals surface area contributed by atoms with Crippen molar-refractivity contribution in [2.75, 3.05) is 19.7 Å². The van der Waals surface area contributed by atoms with Gasteiger partial charge in [0.2, 0.25) is 0 Å². The van der Waals surface area contributed by atoms with E-state index in [9.17, 15) is 23.6 Å². The second-order valence-corrected chi connectivity index (χ2v) is 8.11. The average Bonchev–Trinajstić information content (AvgIpc) is 2.62. The summed E-state index contributed by atoms with van der Waals surface area (Å²) in [4.78, 5) is 51.9. The predicted octanol–water partition coefficient (Wildman–Crippen LogP) is 2.11. The SMILES string of the molecule is CCOC(=O)c1cn(C2CN(C(=O)OC(C)(C)C)C2)c(=O)n(-c2ccc(F)cc2)c1=O. The smallest absolute Gasteiger partial charge is 0.410 e. The first kappa shape index (κ1) is 22.3. The van der Waals surface area contributed by atoms with Gasteiger partial charge in [-0.15, -0.1) is 0 Å². The maximum absolute atomic E-state index is 13.3. The van der Waals surface area contributed by atoms with E-state index >= 15 is 0 Å². The maximum Gasteiger partial charge on any atom is 0.410 e. The number of carbonyl (C=O) groups excluding carboxylic acids is 2. The highest BCUT2D eigenvalue weighted by Crippen LogP contribution is 2.23. The van der Waals surface area contributed by atoms with E-state index in [2.05, 4.69) is 0 Å². The first-order valence-electron chi connectivity index (χ1n) is 9.81. The number of rotatable bonds is 4. The number of benzene rings is 1. The lowest BCUT2D eigenvalue weighted by atomic mass is 10.1. The second-order valence-electron chi connectivity index (χ2n) is 8.11. The van der Waals surface area contributed by atoms with Gasteiger partial charge < -0.3 is 14.4 Å². The molecule has 1 aliphatic heterocycles. The number of hydrogen-bond acceptors (Lipinski definition) is 6. The molecule has 0 atom stereocenters. The van der Waals surface area contributed by atoms with E-state index in [4.69, 9.17) is 9.47 Å². The molecule has 1 aliphatic rings. The van der Waals surface area contributed by atoms with Crippen molar-refractivity contribution in [1.82, 2.24) is 14.0 Å². The maximum atomic E-state index is 13.3. The molecule has 0 unspecified atom stereocenters. The Balaban J connectivity index is 2.00. The molecule has 2 aromatic rings. The highest BCUT2D eigenvalue weighted by atomic mass is 19.1. The first-order chi connectivity index (χ1) is 14.5. The van der Waals surface area contributed by atoms with Crippen molar-refractivity contribution in [2.24, 2.45) is 0 Å². The van der Waals surface area contributed by atoms with E-state index < -0.39 is 40.8 Å². The van der Waals surface area contributed by atoms with Gasteiger partial charge in [0.15, 0.2) is 0 Å². The number of carbonyl (C=O) groups is 2. The summed E-state index contributed by atoms with van der Waals surface area (Å²) in [7, 11) is 0. The lowest BCUT2D eigenvalue weighted by molar-refractivity contribution is 0.000254. The Morgan fingerprint density at radius 2 is 1.74 bits per heavy atom. The largest absolute Gasteiger partial charge is 0.462 e. The van der Waals surface area contributed by atoms with Crippen LogP contribution in [0.4, 0.5) is 9.18 Å². The van der Waals surface area contributed by atoms with Crippen molar-refractivity contribution in [2.45, 2.75) is 39.3 Å². The molecule has 0 saturated carbocycles. The highest BCUT2D eigenvalue weighted by Gasteiger charge is 2.36. The van der Waals surface area contributed by atoms with Crippen LogP contribution in [0.3, 0.4) is 0 Å². The molecule has 0 aliphatic carbocycles. The van der Waals surface area contributed by atoms with Gasteiger partial charge in [-0.1, -0.05) is 0 Å². The summed E-state index contributed by atoms with van der Waals surface area (Å²) >= 11 is 0. The molecule has 9 nitrogen and oxygen atoms in total. The predicted molar refractivity (Wildman–Crippen MR) is 109 cm³/mol. The molecule has 2 heterocycles. The molecule has 31 heavy (non-hydrogen) atoms. The van der Waals surface area contributed by atoms with Gasteiger partial charge in [0.25, 0.3) is 5.56 Å². The van der Waals surface area contributed by atoms with Crippen molar-refractivity contribution >= 4 is 12.1 Å². The molecule has 10 heteroatoms. The van der Waals surface area contributed by atoms with E-state index in [1.54, 1.807) is 27.7 Å². The molecule has 0 bridgehead atoms. The zero-order valence-electron chi connectivity index (χ0n) is 17.8. The Bertz CT molecular complexity index is 1110. The minimum atomic E-state index is -0.875. The van der Waals surface area contributed by atoms with Crippen LogP contribution in [0.5, 0.6) is 0 Å². The normalized spacial score (nSPS) is 14.2. The number of ether oxygens (including phenoxy) is 2. The van der Waals surface area contributed by atoms with E-state index in [1.165, 1.54) is 21.6 Å². The molecule has 0 radical (unpaired) electrons. The zero-order valence-corrected chi connectivity index (χ0v) is 17.8. The molecule has 166 valence electrons. The van der Waals surface area contributed by atoms with E-state index in [0.717, 1.165) is 22.9 Å². The van der Waals surface area contributed by atoms with Crippen LogP contribution in [0, 0.1) is 5.82 Å². The third-order valence-electron chi connectivity index (χ3n) is 4.60. The summed E-state index contributed by atoms with van der Waals surface area (Å²) in [5.74, 6) is -1.41. The van der Waals surface area contributed by atoms with Crippen LogP contribution in [-0.2, 0) is 9.47 Å². The number of esters is 1. The van der Waals surface area contributed by atoms with Crippen molar-refractivity contribution in [3.63, 3.8) is 0 Å². The van der Waals surface area contributed by atoms with Crippen molar-refractivity contribution in [1.29, 1.82) is 0 Å². The number of aromatic nitrogens is 2. The molecule has 1 amide bonds. The van der Waals surface area contributed by atoms with Gasteiger partial charge >= 0.3 is 17.8 Å². The molecular weight excluding hydrogens is 409 g/mol. The van der Waals surface area contributed by atoms with Crippen LogP contribution in [0.15, 0.2) is 40.1 Å². The van der Waals surface area contributed by atoms with Gasteiger partial charge in [-0.2, -0.15) is 0 Å². The summed E-state index contributed by atoms with van der Waals surface area (Å²) in [5, 5.41) is 0. The lowest BCUT2D eigenvalue weighted by Crippen LogP contribution is -2.55. The summed E-state index contributed by atoms with van der Waals surface area (Å²) in [5.41, 5.74) is -2.46. The molecule has 1 saturated heterocycles. The Kier molecular flexibility index (Phi) is 6.01.